The van der Waals surface area contributed by atoms with E-state index in [-0.39, 0.29) is 17.8 Å². The molecule has 0 spiro atoms. The number of anilines is 1. The summed E-state index contributed by atoms with van der Waals surface area (Å²) >= 11 is 1.23. The van der Waals surface area contributed by atoms with Crippen molar-refractivity contribution >= 4 is 28.5 Å². The summed E-state index contributed by atoms with van der Waals surface area (Å²) in [6.07, 6.45) is 0.952. The number of esters is 1. The number of fused-ring (bicyclic) bond motifs is 2. The van der Waals surface area contributed by atoms with Crippen LogP contribution in [0.2, 0.25) is 0 Å². The molecule has 2 fully saturated rings. The molecule has 3 aliphatic rings. The van der Waals surface area contributed by atoms with Crippen molar-refractivity contribution in [1.82, 2.24) is 14.3 Å². The summed E-state index contributed by atoms with van der Waals surface area (Å²) in [5.74, 6) is 1.61. The summed E-state index contributed by atoms with van der Waals surface area (Å²) in [7, 11) is 0. The Kier molecular flexibility index (Phi) is 4.21. The molecule has 146 valence electrons. The molecule has 1 amide bonds. The van der Waals surface area contributed by atoms with Crippen molar-refractivity contribution in [1.29, 1.82) is 0 Å². The largest absolute Gasteiger partial charge is 0.457 e. The predicted octanol–water partition coefficient (Wildman–Crippen LogP) is 2.18. The number of ether oxygens (including phenoxy) is 1. The Balaban J connectivity index is 1.14. The van der Waals surface area contributed by atoms with Gasteiger partial charge in [0.1, 0.15) is 12.4 Å². The summed E-state index contributed by atoms with van der Waals surface area (Å²) in [6, 6.07) is 3.95. The Bertz CT molecular complexity index is 960. The van der Waals surface area contributed by atoms with Crippen molar-refractivity contribution in [2.24, 2.45) is 17.8 Å². The molecule has 1 saturated heterocycles. The summed E-state index contributed by atoms with van der Waals surface area (Å²) in [6.45, 7) is 7.22. The molecule has 0 bridgehead atoms. The highest BCUT2D eigenvalue weighted by Gasteiger charge is 2.59. The van der Waals surface area contributed by atoms with Crippen molar-refractivity contribution < 1.29 is 14.3 Å². The van der Waals surface area contributed by atoms with Crippen molar-refractivity contribution in [3.05, 3.63) is 40.2 Å². The molecule has 1 aromatic carbocycles. The minimum atomic E-state index is -0.211. The molecular formula is C20H22N4O3S. The van der Waals surface area contributed by atoms with Gasteiger partial charge in [-0.2, -0.15) is 4.37 Å². The normalized spacial score (nSPS) is 25.4. The van der Waals surface area contributed by atoms with Crippen LogP contribution in [0.15, 0.2) is 12.1 Å². The third-order valence-corrected chi connectivity index (χ3v) is 7.03. The molecule has 3 heterocycles. The molecular weight excluding hydrogens is 376 g/mol. The second-order valence-electron chi connectivity index (χ2n) is 7.95. The highest BCUT2D eigenvalue weighted by Crippen LogP contribution is 2.52. The topological polar surface area (TPSA) is 84.4 Å². The van der Waals surface area contributed by atoms with Gasteiger partial charge in [-0.3, -0.25) is 4.79 Å². The minimum absolute atomic E-state index is 0.0879. The van der Waals surface area contributed by atoms with E-state index in [1.807, 2.05) is 13.0 Å². The fourth-order valence-corrected chi connectivity index (χ4v) is 5.25. The summed E-state index contributed by atoms with van der Waals surface area (Å²) in [5, 5.41) is 3.51. The van der Waals surface area contributed by atoms with E-state index in [1.165, 1.54) is 22.7 Å². The number of likely N-dealkylation sites (tertiary alicyclic amines) is 1. The maximum atomic E-state index is 12.4. The van der Waals surface area contributed by atoms with Crippen LogP contribution in [-0.4, -0.2) is 45.8 Å². The standard InChI is InChI=1S/C20H22N4O3S/c1-10-12(3-4-13-16(10)9-27-19(13)26)5-6-24-7-14-15(8-24)17(14)18(25)22-20-21-11(2)23-28-20/h3-4,14-15,17H,5-9H2,1-2H3,(H,21,22,23,25). The maximum Gasteiger partial charge on any atom is 0.338 e. The van der Waals surface area contributed by atoms with Crippen LogP contribution in [-0.2, 0) is 22.6 Å². The van der Waals surface area contributed by atoms with Crippen LogP contribution in [0.25, 0.3) is 0 Å². The van der Waals surface area contributed by atoms with Crippen LogP contribution in [0.1, 0.15) is 32.9 Å². The average Bonchev–Trinajstić information content (AvgIpc) is 3.03. The number of cyclic esters (lactones) is 1. The van der Waals surface area contributed by atoms with E-state index in [2.05, 4.69) is 32.6 Å². The number of amides is 1. The molecule has 5 rings (SSSR count). The number of hydrogen-bond acceptors (Lipinski definition) is 7. The second-order valence-corrected chi connectivity index (χ2v) is 8.70. The van der Waals surface area contributed by atoms with Gasteiger partial charge in [0.15, 0.2) is 0 Å². The lowest BCUT2D eigenvalue weighted by Crippen LogP contribution is -2.30. The van der Waals surface area contributed by atoms with Gasteiger partial charge < -0.3 is 15.0 Å². The Morgan fingerprint density at radius 1 is 1.32 bits per heavy atom. The van der Waals surface area contributed by atoms with E-state index in [4.69, 9.17) is 4.74 Å². The number of aromatic nitrogens is 2. The zero-order valence-electron chi connectivity index (χ0n) is 15.9. The number of rotatable bonds is 5. The highest BCUT2D eigenvalue weighted by atomic mass is 32.1. The summed E-state index contributed by atoms with van der Waals surface area (Å²) in [5.41, 5.74) is 4.20. The van der Waals surface area contributed by atoms with Gasteiger partial charge in [-0.1, -0.05) is 6.07 Å². The lowest BCUT2D eigenvalue weighted by Gasteiger charge is -2.20. The molecule has 1 aliphatic carbocycles. The fraction of sp³-hybridized carbons (Fsp3) is 0.500. The van der Waals surface area contributed by atoms with E-state index in [9.17, 15) is 9.59 Å². The third kappa shape index (κ3) is 3.00. The van der Waals surface area contributed by atoms with Crippen LogP contribution in [0.5, 0.6) is 0 Å². The molecule has 2 atom stereocenters. The average molecular weight is 398 g/mol. The maximum absolute atomic E-state index is 12.4. The minimum Gasteiger partial charge on any atom is -0.457 e. The van der Waals surface area contributed by atoms with E-state index in [0.29, 0.717) is 35.0 Å². The van der Waals surface area contributed by atoms with Gasteiger partial charge in [0.25, 0.3) is 0 Å². The van der Waals surface area contributed by atoms with Crippen LogP contribution >= 0.6 is 11.5 Å². The van der Waals surface area contributed by atoms with Crippen LogP contribution in [0, 0.1) is 31.6 Å². The number of benzene rings is 1. The first-order chi connectivity index (χ1) is 13.5. The van der Waals surface area contributed by atoms with Crippen LogP contribution in [0.4, 0.5) is 5.13 Å². The number of carbonyl (C=O) groups excluding carboxylic acids is 2. The predicted molar refractivity (Wildman–Crippen MR) is 104 cm³/mol. The van der Waals surface area contributed by atoms with Gasteiger partial charge >= 0.3 is 5.97 Å². The molecule has 0 radical (unpaired) electrons. The first kappa shape index (κ1) is 17.8. The first-order valence-electron chi connectivity index (χ1n) is 9.63. The van der Waals surface area contributed by atoms with Gasteiger partial charge in [0, 0.05) is 42.6 Å². The summed E-state index contributed by atoms with van der Waals surface area (Å²) < 4.78 is 9.24. The molecule has 28 heavy (non-hydrogen) atoms. The first-order valence-corrected chi connectivity index (χ1v) is 10.4. The smallest absolute Gasteiger partial charge is 0.338 e. The van der Waals surface area contributed by atoms with Gasteiger partial charge in [0.2, 0.25) is 11.0 Å². The highest BCUT2D eigenvalue weighted by molar-refractivity contribution is 7.09. The SMILES string of the molecule is Cc1nsc(NC(=O)C2C3CN(CCc4ccc5c(c4C)COC5=O)CC32)n1. The monoisotopic (exact) mass is 398 g/mol. The van der Waals surface area contributed by atoms with Crippen molar-refractivity contribution in [3.63, 3.8) is 0 Å². The number of nitrogens with zero attached hydrogens (tertiary/aromatic N) is 3. The Hall–Kier alpha value is -2.32. The van der Waals surface area contributed by atoms with Gasteiger partial charge in [-0.25, -0.2) is 9.78 Å². The quantitative estimate of drug-likeness (QED) is 0.777. The van der Waals surface area contributed by atoms with E-state index >= 15 is 0 Å². The molecule has 1 saturated carbocycles. The fourth-order valence-electron chi connectivity index (χ4n) is 4.67. The number of hydrogen-bond donors (Lipinski definition) is 1. The van der Waals surface area contributed by atoms with E-state index in [1.54, 1.807) is 0 Å². The number of aryl methyl sites for hydroxylation is 1. The molecule has 2 aromatic rings. The number of nitrogens with one attached hydrogen (secondary N) is 1. The van der Waals surface area contributed by atoms with E-state index in [0.717, 1.165) is 31.6 Å². The molecule has 2 aliphatic heterocycles. The molecule has 8 heteroatoms. The van der Waals surface area contributed by atoms with Crippen molar-refractivity contribution in [3.8, 4) is 0 Å². The Labute approximate surface area is 167 Å². The van der Waals surface area contributed by atoms with Gasteiger partial charge in [-0.15, -0.1) is 0 Å². The zero-order chi connectivity index (χ0) is 19.4. The zero-order valence-corrected chi connectivity index (χ0v) is 16.7. The number of piperidine rings is 1. The third-order valence-electron chi connectivity index (χ3n) is 6.31. The van der Waals surface area contributed by atoms with E-state index < -0.39 is 0 Å². The molecule has 1 aromatic heterocycles. The van der Waals surface area contributed by atoms with Crippen LogP contribution in [0.3, 0.4) is 0 Å². The van der Waals surface area contributed by atoms with Gasteiger partial charge in [0.05, 0.1) is 5.56 Å². The second kappa shape index (κ2) is 6.63. The molecule has 1 N–H and O–H groups in total. The lowest BCUT2D eigenvalue weighted by atomic mass is 9.96. The Morgan fingerprint density at radius 3 is 2.82 bits per heavy atom. The van der Waals surface area contributed by atoms with Gasteiger partial charge in [-0.05, 0) is 49.3 Å². The molecule has 7 nitrogen and oxygen atoms in total. The molecule has 2 unspecified atom stereocenters. The number of carbonyl (C=O) groups is 2. The van der Waals surface area contributed by atoms with Crippen LogP contribution < -0.4 is 5.32 Å². The van der Waals surface area contributed by atoms with Crippen molar-refractivity contribution in [2.75, 3.05) is 25.0 Å². The summed E-state index contributed by atoms with van der Waals surface area (Å²) in [4.78, 5) is 30.8. The lowest BCUT2D eigenvalue weighted by molar-refractivity contribution is -0.118. The Morgan fingerprint density at radius 2 is 2.11 bits per heavy atom. The van der Waals surface area contributed by atoms with Crippen molar-refractivity contribution in [2.45, 2.75) is 26.9 Å².